The molecule has 0 fully saturated rings. The summed E-state index contributed by atoms with van der Waals surface area (Å²) in [5.41, 5.74) is 0.826. The fourth-order valence-electron chi connectivity index (χ4n) is 3.64. The number of hydrogen-bond donors (Lipinski definition) is 1. The van der Waals surface area contributed by atoms with Crippen molar-refractivity contribution >= 4 is 0 Å². The summed E-state index contributed by atoms with van der Waals surface area (Å²) >= 11 is 0. The molecule has 0 radical (unpaired) electrons. The van der Waals surface area contributed by atoms with Gasteiger partial charge in [-0.25, -0.2) is 9.78 Å². The third kappa shape index (κ3) is 4.48. The first kappa shape index (κ1) is 21.8. The highest BCUT2D eigenvalue weighted by atomic mass is 19.1. The zero-order chi connectivity index (χ0) is 22.7. The van der Waals surface area contributed by atoms with E-state index in [2.05, 4.69) is 15.1 Å². The summed E-state index contributed by atoms with van der Waals surface area (Å²) in [7, 11) is 0. The van der Waals surface area contributed by atoms with Crippen LogP contribution < -0.4 is 11.2 Å². The predicted octanol–water partition coefficient (Wildman–Crippen LogP) is 3.28. The molecule has 1 N–H and O–H groups in total. The predicted molar refractivity (Wildman–Crippen MR) is 112 cm³/mol. The Kier molecular flexibility index (Phi) is 6.20. The second-order valence-electron chi connectivity index (χ2n) is 7.54. The van der Waals surface area contributed by atoms with Gasteiger partial charge in [0.2, 0.25) is 5.95 Å². The molecule has 1 atom stereocenters. The van der Waals surface area contributed by atoms with Crippen molar-refractivity contribution < 1.29 is 4.39 Å². The van der Waals surface area contributed by atoms with E-state index in [1.807, 2.05) is 6.07 Å². The number of H-pyrrole nitrogens is 1. The van der Waals surface area contributed by atoms with Crippen molar-refractivity contribution in [1.82, 2.24) is 14.5 Å². The number of rotatable bonds is 6. The zero-order valence-corrected chi connectivity index (χ0v) is 17.2. The Labute approximate surface area is 177 Å². The molecule has 9 heteroatoms. The first-order valence-corrected chi connectivity index (χ1v) is 9.56. The summed E-state index contributed by atoms with van der Waals surface area (Å²) < 4.78 is 14.8. The number of benzene rings is 1. The van der Waals surface area contributed by atoms with E-state index >= 15 is 0 Å². The average molecular weight is 421 g/mol. The fraction of sp³-hybridized carbons (Fsp3) is 0.273. The molecule has 0 aliphatic rings. The van der Waals surface area contributed by atoms with Gasteiger partial charge in [0, 0.05) is 11.8 Å². The third-order valence-corrected chi connectivity index (χ3v) is 4.89. The Bertz CT molecular complexity index is 1300. The fourth-order valence-corrected chi connectivity index (χ4v) is 3.64. The molecule has 3 rings (SSSR count). The molecule has 0 saturated carbocycles. The monoisotopic (exact) mass is 421 g/mol. The lowest BCUT2D eigenvalue weighted by molar-refractivity contribution is 0.572. The van der Waals surface area contributed by atoms with Gasteiger partial charge in [-0.1, -0.05) is 25.1 Å². The molecule has 0 bridgehead atoms. The van der Waals surface area contributed by atoms with Crippen molar-refractivity contribution in [2.24, 2.45) is 5.18 Å². The van der Waals surface area contributed by atoms with E-state index in [4.69, 9.17) is 0 Å². The van der Waals surface area contributed by atoms with Gasteiger partial charge in [0.05, 0.1) is 23.9 Å². The number of nitriles is 1. The zero-order valence-electron chi connectivity index (χ0n) is 17.2. The van der Waals surface area contributed by atoms with Gasteiger partial charge >= 0.3 is 5.69 Å². The number of aromatic nitrogens is 3. The third-order valence-electron chi connectivity index (χ3n) is 4.89. The van der Waals surface area contributed by atoms with E-state index in [0.29, 0.717) is 16.7 Å². The number of hydrogen-bond acceptors (Lipinski definition) is 6. The Morgan fingerprint density at radius 2 is 2.00 bits per heavy atom. The van der Waals surface area contributed by atoms with E-state index in [0.717, 1.165) is 5.56 Å². The van der Waals surface area contributed by atoms with E-state index in [9.17, 15) is 24.1 Å². The molecule has 0 amide bonds. The molecule has 0 aliphatic carbocycles. The average Bonchev–Trinajstić information content (AvgIpc) is 2.70. The van der Waals surface area contributed by atoms with Crippen molar-refractivity contribution in [3.05, 3.63) is 102 Å². The van der Waals surface area contributed by atoms with Crippen LogP contribution in [-0.4, -0.2) is 14.5 Å². The number of nitrogens with zero attached hydrogens (tertiary/aromatic N) is 4. The highest BCUT2D eigenvalue weighted by Gasteiger charge is 2.28. The normalized spacial score (nSPS) is 11.9. The Morgan fingerprint density at radius 3 is 2.61 bits per heavy atom. The minimum absolute atomic E-state index is 0.104. The van der Waals surface area contributed by atoms with Crippen LogP contribution in [0, 0.1) is 29.1 Å². The summed E-state index contributed by atoms with van der Waals surface area (Å²) in [4.78, 5) is 43.3. The standard InChI is InChI=1S/C22H20FN5O3/c1-12(2)18-20(19(27-31)16-7-13(3)6-15(8-16)10-24)28(22(30)26-21(18)29)11-14-4-5-25-17(23)9-14/h4-9,12,19H,11H2,1-3H3,(H,26,29,30). The molecule has 0 aliphatic heterocycles. The molecule has 0 spiro atoms. The molecule has 2 heterocycles. The number of aryl methyl sites for hydroxylation is 1. The SMILES string of the molecule is Cc1cc(C#N)cc(C(N=O)c2c(C(C)C)c(=O)[nH]c(=O)n2Cc2ccnc(F)c2)c1. The summed E-state index contributed by atoms with van der Waals surface area (Å²) in [5.74, 6) is -1.06. The van der Waals surface area contributed by atoms with Gasteiger partial charge in [-0.3, -0.25) is 14.3 Å². The summed E-state index contributed by atoms with van der Waals surface area (Å²) in [5, 5.41) is 12.5. The largest absolute Gasteiger partial charge is 0.328 e. The van der Waals surface area contributed by atoms with Gasteiger partial charge in [-0.05, 0) is 53.8 Å². The molecule has 1 aromatic carbocycles. The number of pyridine rings is 1. The van der Waals surface area contributed by atoms with Crippen molar-refractivity contribution in [2.75, 3.05) is 0 Å². The lowest BCUT2D eigenvalue weighted by Crippen LogP contribution is -2.37. The minimum Gasteiger partial charge on any atom is -0.290 e. The van der Waals surface area contributed by atoms with E-state index < -0.39 is 23.2 Å². The van der Waals surface area contributed by atoms with Crippen LogP contribution in [-0.2, 0) is 6.54 Å². The highest BCUT2D eigenvalue weighted by Crippen LogP contribution is 2.31. The Balaban J connectivity index is 2.33. The van der Waals surface area contributed by atoms with Crippen LogP contribution in [0.4, 0.5) is 4.39 Å². The number of halogens is 1. The maximum absolute atomic E-state index is 13.6. The topological polar surface area (TPSA) is 121 Å². The molecular formula is C22H20FN5O3. The van der Waals surface area contributed by atoms with Crippen LogP contribution in [0.25, 0.3) is 0 Å². The first-order chi connectivity index (χ1) is 14.7. The van der Waals surface area contributed by atoms with Crippen LogP contribution in [0.3, 0.4) is 0 Å². The van der Waals surface area contributed by atoms with Gasteiger partial charge < -0.3 is 0 Å². The molecule has 1 unspecified atom stereocenters. The van der Waals surface area contributed by atoms with Gasteiger partial charge in [0.1, 0.15) is 0 Å². The van der Waals surface area contributed by atoms with Gasteiger partial charge in [-0.2, -0.15) is 9.65 Å². The second kappa shape index (κ2) is 8.83. The smallest absolute Gasteiger partial charge is 0.290 e. The lowest BCUT2D eigenvalue weighted by Gasteiger charge is -2.22. The molecule has 8 nitrogen and oxygen atoms in total. The van der Waals surface area contributed by atoms with E-state index in [1.165, 1.54) is 29.0 Å². The Hall–Kier alpha value is -3.93. The highest BCUT2D eigenvalue weighted by molar-refractivity contribution is 5.42. The molecule has 2 aromatic heterocycles. The molecule has 31 heavy (non-hydrogen) atoms. The summed E-state index contributed by atoms with van der Waals surface area (Å²) in [6.07, 6.45) is 1.26. The Morgan fingerprint density at radius 1 is 1.26 bits per heavy atom. The van der Waals surface area contributed by atoms with Crippen LogP contribution in [0.1, 0.15) is 59.3 Å². The van der Waals surface area contributed by atoms with Crippen molar-refractivity contribution in [3.8, 4) is 6.07 Å². The summed E-state index contributed by atoms with van der Waals surface area (Å²) in [6.45, 7) is 5.18. The first-order valence-electron chi connectivity index (χ1n) is 9.56. The molecular weight excluding hydrogens is 401 g/mol. The van der Waals surface area contributed by atoms with Crippen molar-refractivity contribution in [2.45, 2.75) is 39.3 Å². The van der Waals surface area contributed by atoms with Gasteiger partial charge in [0.25, 0.3) is 5.56 Å². The van der Waals surface area contributed by atoms with Gasteiger partial charge in [-0.15, -0.1) is 4.91 Å². The van der Waals surface area contributed by atoms with Crippen molar-refractivity contribution in [1.29, 1.82) is 5.26 Å². The maximum Gasteiger partial charge on any atom is 0.328 e. The van der Waals surface area contributed by atoms with Crippen LogP contribution >= 0.6 is 0 Å². The van der Waals surface area contributed by atoms with Crippen LogP contribution in [0.2, 0.25) is 0 Å². The van der Waals surface area contributed by atoms with Gasteiger partial charge in [0.15, 0.2) is 6.04 Å². The number of nitroso groups, excluding NO2 is 1. The maximum atomic E-state index is 13.6. The van der Waals surface area contributed by atoms with E-state index in [1.54, 1.807) is 32.9 Å². The van der Waals surface area contributed by atoms with Crippen LogP contribution in [0.5, 0.6) is 0 Å². The van der Waals surface area contributed by atoms with Crippen molar-refractivity contribution in [3.63, 3.8) is 0 Å². The molecule has 0 saturated heterocycles. The lowest BCUT2D eigenvalue weighted by atomic mass is 9.92. The quantitative estimate of drug-likeness (QED) is 0.484. The van der Waals surface area contributed by atoms with Crippen LogP contribution in [0.15, 0.2) is 51.3 Å². The number of aromatic amines is 1. The van der Waals surface area contributed by atoms with E-state index in [-0.39, 0.29) is 23.7 Å². The molecule has 3 aromatic rings. The molecule has 158 valence electrons. The second-order valence-corrected chi connectivity index (χ2v) is 7.54. The summed E-state index contributed by atoms with van der Waals surface area (Å²) in [6, 6.07) is 8.35. The number of nitrogens with one attached hydrogen (secondary N) is 1. The minimum atomic E-state index is -1.22.